The monoisotopic (exact) mass is 391 g/mol. The van der Waals surface area contributed by atoms with Crippen LogP contribution < -0.4 is 4.90 Å². The summed E-state index contributed by atoms with van der Waals surface area (Å²) in [6, 6.07) is 15.4. The molecule has 0 bridgehead atoms. The Balaban J connectivity index is 1.79. The van der Waals surface area contributed by atoms with Crippen molar-refractivity contribution in [2.24, 2.45) is 0 Å². The fourth-order valence-electron chi connectivity index (χ4n) is 2.94. The number of carbonyl (C=O) groups is 1. The highest BCUT2D eigenvalue weighted by Crippen LogP contribution is 2.32. The zero-order chi connectivity index (χ0) is 19.7. The summed E-state index contributed by atoms with van der Waals surface area (Å²) in [5, 5.41) is 0.569. The third kappa shape index (κ3) is 3.64. The van der Waals surface area contributed by atoms with E-state index in [0.29, 0.717) is 5.13 Å². The minimum absolute atomic E-state index is 0.258. The molecule has 0 aliphatic heterocycles. The van der Waals surface area contributed by atoms with E-state index in [4.69, 9.17) is 0 Å². The lowest BCUT2D eigenvalue weighted by molar-refractivity contribution is 0.0984. The highest BCUT2D eigenvalue weighted by molar-refractivity contribution is 7.22. The second kappa shape index (κ2) is 7.48. The Morgan fingerprint density at radius 3 is 2.64 bits per heavy atom. The molecular formula is C22H18FN3OS. The number of rotatable bonds is 4. The number of benzene rings is 2. The van der Waals surface area contributed by atoms with Crippen LogP contribution in [0.2, 0.25) is 0 Å². The van der Waals surface area contributed by atoms with Gasteiger partial charge in [-0.2, -0.15) is 0 Å². The lowest BCUT2D eigenvalue weighted by Gasteiger charge is -2.19. The number of hydrogen-bond acceptors (Lipinski definition) is 4. The number of aryl methyl sites for hydroxylation is 2. The van der Waals surface area contributed by atoms with Crippen LogP contribution in [0.5, 0.6) is 0 Å². The van der Waals surface area contributed by atoms with Gasteiger partial charge < -0.3 is 0 Å². The van der Waals surface area contributed by atoms with Crippen LogP contribution >= 0.6 is 11.3 Å². The maximum absolute atomic E-state index is 13.7. The largest absolute Gasteiger partial charge is 0.278 e. The van der Waals surface area contributed by atoms with Crippen LogP contribution in [0.15, 0.2) is 60.8 Å². The van der Waals surface area contributed by atoms with Crippen molar-refractivity contribution in [3.05, 3.63) is 89.0 Å². The molecule has 2 heterocycles. The summed E-state index contributed by atoms with van der Waals surface area (Å²) in [6.45, 7) is 4.35. The number of nitrogens with zero attached hydrogens (tertiary/aromatic N) is 3. The van der Waals surface area contributed by atoms with Gasteiger partial charge in [-0.15, -0.1) is 0 Å². The van der Waals surface area contributed by atoms with Gasteiger partial charge in [0.25, 0.3) is 5.91 Å². The van der Waals surface area contributed by atoms with Gasteiger partial charge in [0.1, 0.15) is 5.82 Å². The standard InChI is InChI=1S/C22H18FN3OS/c1-14-10-19-20(11-15(14)2)28-22(25-19)26(13-18-8-3-4-9-24-18)21(27)16-6-5-7-17(23)12-16/h3-12H,13H2,1-2H3. The molecule has 0 fully saturated rings. The summed E-state index contributed by atoms with van der Waals surface area (Å²) >= 11 is 1.45. The SMILES string of the molecule is Cc1cc2nc(N(Cc3ccccn3)C(=O)c3cccc(F)c3)sc2cc1C. The molecule has 0 aliphatic carbocycles. The smallest absolute Gasteiger partial charge is 0.260 e. The molecule has 0 aliphatic rings. The summed E-state index contributed by atoms with van der Waals surface area (Å²) in [7, 11) is 0. The van der Waals surface area contributed by atoms with Crippen LogP contribution in [0.3, 0.4) is 0 Å². The molecule has 0 saturated heterocycles. The molecule has 6 heteroatoms. The van der Waals surface area contributed by atoms with Crippen molar-refractivity contribution >= 4 is 32.6 Å². The van der Waals surface area contributed by atoms with Crippen molar-refractivity contribution in [2.45, 2.75) is 20.4 Å². The molecule has 0 atom stereocenters. The van der Waals surface area contributed by atoms with E-state index in [1.807, 2.05) is 31.2 Å². The lowest BCUT2D eigenvalue weighted by Crippen LogP contribution is -2.30. The van der Waals surface area contributed by atoms with Crippen molar-refractivity contribution in [3.63, 3.8) is 0 Å². The lowest BCUT2D eigenvalue weighted by atomic mass is 10.1. The van der Waals surface area contributed by atoms with Crippen molar-refractivity contribution in [1.29, 1.82) is 0 Å². The van der Waals surface area contributed by atoms with Crippen molar-refractivity contribution in [2.75, 3.05) is 4.90 Å². The van der Waals surface area contributed by atoms with Crippen LogP contribution in [0.25, 0.3) is 10.2 Å². The van der Waals surface area contributed by atoms with Crippen molar-refractivity contribution < 1.29 is 9.18 Å². The molecule has 4 rings (SSSR count). The van der Waals surface area contributed by atoms with Crippen LogP contribution in [-0.2, 0) is 6.54 Å². The molecule has 0 N–H and O–H groups in total. The van der Waals surface area contributed by atoms with E-state index < -0.39 is 5.82 Å². The summed E-state index contributed by atoms with van der Waals surface area (Å²) in [5.74, 6) is -0.753. The quantitative estimate of drug-likeness (QED) is 0.475. The zero-order valence-electron chi connectivity index (χ0n) is 15.5. The summed E-state index contributed by atoms with van der Waals surface area (Å²) in [4.78, 5) is 23.8. The number of amides is 1. The Kier molecular flexibility index (Phi) is 4.88. The number of hydrogen-bond donors (Lipinski definition) is 0. The van der Waals surface area contributed by atoms with Gasteiger partial charge in [0, 0.05) is 11.8 Å². The van der Waals surface area contributed by atoms with Gasteiger partial charge in [-0.1, -0.05) is 23.5 Å². The van der Waals surface area contributed by atoms with E-state index in [2.05, 4.69) is 23.0 Å². The van der Waals surface area contributed by atoms with Crippen molar-refractivity contribution in [1.82, 2.24) is 9.97 Å². The third-order valence-electron chi connectivity index (χ3n) is 4.59. The minimum Gasteiger partial charge on any atom is -0.278 e. The Labute approximate surface area is 166 Å². The Hall–Kier alpha value is -3.12. The Morgan fingerprint density at radius 2 is 1.89 bits per heavy atom. The molecule has 28 heavy (non-hydrogen) atoms. The van der Waals surface area contributed by atoms with Crippen LogP contribution in [-0.4, -0.2) is 15.9 Å². The Bertz CT molecular complexity index is 1120. The first kappa shape index (κ1) is 18.3. The molecule has 2 aromatic carbocycles. The predicted molar refractivity (Wildman–Crippen MR) is 110 cm³/mol. The number of fused-ring (bicyclic) bond motifs is 1. The summed E-state index contributed by atoms with van der Waals surface area (Å²) in [5.41, 5.74) is 4.19. The normalized spacial score (nSPS) is 11.0. The second-order valence-electron chi connectivity index (χ2n) is 6.62. The van der Waals surface area contributed by atoms with Crippen molar-refractivity contribution in [3.8, 4) is 0 Å². The van der Waals surface area contributed by atoms with E-state index in [-0.39, 0.29) is 18.0 Å². The van der Waals surface area contributed by atoms with E-state index in [1.54, 1.807) is 17.2 Å². The number of thiazole rings is 1. The molecule has 1 amide bonds. The average Bonchev–Trinajstić information content (AvgIpc) is 3.09. The van der Waals surface area contributed by atoms with Crippen LogP contribution in [0, 0.1) is 19.7 Å². The molecule has 4 nitrogen and oxygen atoms in total. The summed E-state index contributed by atoms with van der Waals surface area (Å²) < 4.78 is 14.7. The van der Waals surface area contributed by atoms with Gasteiger partial charge >= 0.3 is 0 Å². The first-order chi connectivity index (χ1) is 13.5. The molecule has 0 spiro atoms. The fraction of sp³-hybridized carbons (Fsp3) is 0.136. The van der Waals surface area contributed by atoms with Gasteiger partial charge in [-0.05, 0) is 67.4 Å². The fourth-order valence-corrected chi connectivity index (χ4v) is 3.98. The number of halogens is 1. The molecular weight excluding hydrogens is 373 g/mol. The minimum atomic E-state index is -0.445. The first-order valence-electron chi connectivity index (χ1n) is 8.86. The molecule has 0 saturated carbocycles. The molecule has 4 aromatic rings. The van der Waals surface area contributed by atoms with E-state index in [9.17, 15) is 9.18 Å². The molecule has 0 radical (unpaired) electrons. The number of aromatic nitrogens is 2. The summed E-state index contributed by atoms with van der Waals surface area (Å²) in [6.07, 6.45) is 1.69. The number of anilines is 1. The topological polar surface area (TPSA) is 46.1 Å². The highest BCUT2D eigenvalue weighted by atomic mass is 32.1. The van der Waals surface area contributed by atoms with Crippen LogP contribution in [0.4, 0.5) is 9.52 Å². The van der Waals surface area contributed by atoms with Gasteiger partial charge in [0.2, 0.25) is 0 Å². The second-order valence-corrected chi connectivity index (χ2v) is 7.63. The highest BCUT2D eigenvalue weighted by Gasteiger charge is 2.22. The maximum atomic E-state index is 13.7. The molecule has 2 aromatic heterocycles. The van der Waals surface area contributed by atoms with Gasteiger partial charge in [-0.25, -0.2) is 9.37 Å². The van der Waals surface area contributed by atoms with Crippen LogP contribution in [0.1, 0.15) is 27.2 Å². The first-order valence-corrected chi connectivity index (χ1v) is 9.68. The van der Waals surface area contributed by atoms with E-state index in [1.165, 1.54) is 35.1 Å². The number of carbonyl (C=O) groups excluding carboxylic acids is 1. The van der Waals surface area contributed by atoms with Gasteiger partial charge in [0.05, 0.1) is 22.5 Å². The van der Waals surface area contributed by atoms with E-state index >= 15 is 0 Å². The van der Waals surface area contributed by atoms with Gasteiger partial charge in [0.15, 0.2) is 5.13 Å². The third-order valence-corrected chi connectivity index (χ3v) is 5.63. The molecule has 140 valence electrons. The average molecular weight is 391 g/mol. The zero-order valence-corrected chi connectivity index (χ0v) is 16.3. The molecule has 0 unspecified atom stereocenters. The maximum Gasteiger partial charge on any atom is 0.260 e. The Morgan fingerprint density at radius 1 is 1.07 bits per heavy atom. The predicted octanol–water partition coefficient (Wildman–Crippen LogP) is 5.29. The number of pyridine rings is 1. The van der Waals surface area contributed by atoms with E-state index in [0.717, 1.165) is 21.5 Å². The van der Waals surface area contributed by atoms with Gasteiger partial charge in [-0.3, -0.25) is 14.7 Å².